The number of furan rings is 1. The molecule has 0 spiro atoms. The minimum atomic E-state index is -1.14. The molecule has 1 atom stereocenters. The standard InChI is InChI=1S/C11H7BrClFO2/c12-8-3-1-2-6(9(8)14)10(15)7-4-5-16-11(7)13/h1-5,10,15H. The van der Waals surface area contributed by atoms with E-state index in [1.54, 1.807) is 12.1 Å². The fourth-order valence-corrected chi connectivity index (χ4v) is 2.00. The highest BCUT2D eigenvalue weighted by Gasteiger charge is 2.20. The summed E-state index contributed by atoms with van der Waals surface area (Å²) in [5, 5.41) is 10.0. The van der Waals surface area contributed by atoms with Crippen molar-refractivity contribution in [3.05, 3.63) is 57.2 Å². The van der Waals surface area contributed by atoms with Crippen LogP contribution in [0.4, 0.5) is 4.39 Å². The Hall–Kier alpha value is -0.840. The first-order chi connectivity index (χ1) is 7.61. The van der Waals surface area contributed by atoms with Gasteiger partial charge in [-0.15, -0.1) is 0 Å². The molecule has 1 aromatic carbocycles. The van der Waals surface area contributed by atoms with E-state index in [1.165, 1.54) is 18.4 Å². The molecule has 0 saturated heterocycles. The second-order valence-electron chi connectivity index (χ2n) is 3.20. The largest absolute Gasteiger partial charge is 0.453 e. The molecule has 2 rings (SSSR count). The maximum Gasteiger partial charge on any atom is 0.199 e. The minimum Gasteiger partial charge on any atom is -0.453 e. The van der Waals surface area contributed by atoms with Crippen LogP contribution in [0.3, 0.4) is 0 Å². The quantitative estimate of drug-likeness (QED) is 0.912. The third-order valence-corrected chi connectivity index (χ3v) is 3.14. The second kappa shape index (κ2) is 4.57. The molecule has 1 aromatic heterocycles. The number of aliphatic hydroxyl groups is 1. The lowest BCUT2D eigenvalue weighted by molar-refractivity contribution is 0.214. The Morgan fingerprint density at radius 1 is 1.31 bits per heavy atom. The Morgan fingerprint density at radius 2 is 2.06 bits per heavy atom. The van der Waals surface area contributed by atoms with E-state index in [9.17, 15) is 9.50 Å². The molecule has 0 bridgehead atoms. The predicted octanol–water partition coefficient (Wildman–Crippen LogP) is 3.92. The zero-order valence-corrected chi connectivity index (χ0v) is 10.3. The second-order valence-corrected chi connectivity index (χ2v) is 4.39. The van der Waals surface area contributed by atoms with E-state index < -0.39 is 11.9 Å². The van der Waals surface area contributed by atoms with E-state index in [1.807, 2.05) is 0 Å². The third-order valence-electron chi connectivity index (χ3n) is 2.22. The molecule has 5 heteroatoms. The van der Waals surface area contributed by atoms with Gasteiger partial charge in [0.15, 0.2) is 5.22 Å². The van der Waals surface area contributed by atoms with Gasteiger partial charge < -0.3 is 9.52 Å². The molecule has 0 aliphatic rings. The lowest BCUT2D eigenvalue weighted by Gasteiger charge is -2.11. The number of rotatable bonds is 2. The van der Waals surface area contributed by atoms with Crippen molar-refractivity contribution < 1.29 is 13.9 Å². The normalized spacial score (nSPS) is 12.8. The summed E-state index contributed by atoms with van der Waals surface area (Å²) < 4.78 is 18.8. The molecule has 1 N–H and O–H groups in total. The summed E-state index contributed by atoms with van der Waals surface area (Å²) in [6.45, 7) is 0. The Bertz CT molecular complexity index is 512. The van der Waals surface area contributed by atoms with Crippen LogP contribution in [-0.2, 0) is 0 Å². The van der Waals surface area contributed by atoms with Gasteiger partial charge in [-0.25, -0.2) is 4.39 Å². The van der Waals surface area contributed by atoms with Crippen molar-refractivity contribution in [3.8, 4) is 0 Å². The average molecular weight is 306 g/mol. The van der Waals surface area contributed by atoms with Crippen LogP contribution >= 0.6 is 27.5 Å². The van der Waals surface area contributed by atoms with E-state index >= 15 is 0 Å². The zero-order valence-electron chi connectivity index (χ0n) is 7.95. The molecule has 0 aliphatic carbocycles. The molecule has 1 unspecified atom stereocenters. The first kappa shape index (κ1) is 11.6. The summed E-state index contributed by atoms with van der Waals surface area (Å²) >= 11 is 8.77. The smallest absolute Gasteiger partial charge is 0.199 e. The molecular formula is C11H7BrClFO2. The molecular weight excluding hydrogens is 298 g/mol. The molecule has 0 amide bonds. The van der Waals surface area contributed by atoms with Gasteiger partial charge in [0, 0.05) is 11.1 Å². The molecule has 0 radical (unpaired) electrons. The summed E-state index contributed by atoms with van der Waals surface area (Å²) in [6.07, 6.45) is 0.209. The maximum atomic E-state index is 13.7. The zero-order chi connectivity index (χ0) is 11.7. The van der Waals surface area contributed by atoms with Crippen LogP contribution in [0, 0.1) is 5.82 Å². The van der Waals surface area contributed by atoms with Crippen molar-refractivity contribution in [3.63, 3.8) is 0 Å². The highest BCUT2D eigenvalue weighted by molar-refractivity contribution is 9.10. The number of halogens is 3. The van der Waals surface area contributed by atoms with Gasteiger partial charge in [-0.2, -0.15) is 0 Å². The molecule has 1 heterocycles. The Balaban J connectivity index is 2.46. The van der Waals surface area contributed by atoms with Gasteiger partial charge in [0.2, 0.25) is 0 Å². The van der Waals surface area contributed by atoms with Crippen molar-refractivity contribution in [2.45, 2.75) is 6.10 Å². The fourth-order valence-electron chi connectivity index (χ4n) is 1.40. The van der Waals surface area contributed by atoms with Crippen molar-refractivity contribution in [2.75, 3.05) is 0 Å². The van der Waals surface area contributed by atoms with Crippen LogP contribution in [0.1, 0.15) is 17.2 Å². The molecule has 2 nitrogen and oxygen atoms in total. The number of benzene rings is 1. The highest BCUT2D eigenvalue weighted by atomic mass is 79.9. The summed E-state index contributed by atoms with van der Waals surface area (Å²) in [5.41, 5.74) is 0.497. The first-order valence-corrected chi connectivity index (χ1v) is 5.63. The average Bonchev–Trinajstić information content (AvgIpc) is 2.68. The van der Waals surface area contributed by atoms with Crippen LogP contribution in [0.25, 0.3) is 0 Å². The lowest BCUT2D eigenvalue weighted by atomic mass is 10.0. The third kappa shape index (κ3) is 2.00. The van der Waals surface area contributed by atoms with Gasteiger partial charge >= 0.3 is 0 Å². The van der Waals surface area contributed by atoms with E-state index in [2.05, 4.69) is 15.9 Å². The molecule has 16 heavy (non-hydrogen) atoms. The van der Waals surface area contributed by atoms with Crippen molar-refractivity contribution >= 4 is 27.5 Å². The topological polar surface area (TPSA) is 33.4 Å². The number of hydrogen-bond donors (Lipinski definition) is 1. The summed E-state index contributed by atoms with van der Waals surface area (Å²) in [5.74, 6) is -0.507. The molecule has 84 valence electrons. The van der Waals surface area contributed by atoms with E-state index in [4.69, 9.17) is 16.0 Å². The van der Waals surface area contributed by atoms with Crippen LogP contribution in [-0.4, -0.2) is 5.11 Å². The molecule has 0 fully saturated rings. The monoisotopic (exact) mass is 304 g/mol. The molecule has 0 saturated carbocycles. The van der Waals surface area contributed by atoms with Gasteiger partial charge in [0.25, 0.3) is 0 Å². The van der Waals surface area contributed by atoms with Crippen LogP contribution in [0.2, 0.25) is 5.22 Å². The number of hydrogen-bond acceptors (Lipinski definition) is 2. The van der Waals surface area contributed by atoms with Crippen LogP contribution in [0.15, 0.2) is 39.4 Å². The highest BCUT2D eigenvalue weighted by Crippen LogP contribution is 2.32. The van der Waals surface area contributed by atoms with Crippen molar-refractivity contribution in [1.29, 1.82) is 0 Å². The van der Waals surface area contributed by atoms with E-state index in [0.29, 0.717) is 10.0 Å². The van der Waals surface area contributed by atoms with Gasteiger partial charge in [-0.05, 0) is 39.7 Å². The van der Waals surface area contributed by atoms with Crippen molar-refractivity contribution in [2.24, 2.45) is 0 Å². The lowest BCUT2D eigenvalue weighted by Crippen LogP contribution is -2.02. The van der Waals surface area contributed by atoms with E-state index in [0.717, 1.165) is 0 Å². The van der Waals surface area contributed by atoms with Gasteiger partial charge in [0.1, 0.15) is 11.9 Å². The van der Waals surface area contributed by atoms with Crippen molar-refractivity contribution in [1.82, 2.24) is 0 Å². The Labute approximate surface area is 105 Å². The van der Waals surface area contributed by atoms with Gasteiger partial charge in [-0.3, -0.25) is 0 Å². The van der Waals surface area contributed by atoms with Gasteiger partial charge in [0.05, 0.1) is 10.7 Å². The fraction of sp³-hybridized carbons (Fsp3) is 0.0909. The molecule has 2 aromatic rings. The van der Waals surface area contributed by atoms with E-state index in [-0.39, 0.29) is 10.8 Å². The minimum absolute atomic E-state index is 0.0619. The molecule has 0 aliphatic heterocycles. The predicted molar refractivity (Wildman–Crippen MR) is 61.9 cm³/mol. The SMILES string of the molecule is OC(c1ccoc1Cl)c1cccc(Br)c1F. The van der Waals surface area contributed by atoms with Crippen LogP contribution < -0.4 is 0 Å². The van der Waals surface area contributed by atoms with Gasteiger partial charge in [-0.1, -0.05) is 12.1 Å². The van der Waals surface area contributed by atoms with Crippen LogP contribution in [0.5, 0.6) is 0 Å². The maximum absolute atomic E-state index is 13.7. The summed E-state index contributed by atoms with van der Waals surface area (Å²) in [7, 11) is 0. The first-order valence-electron chi connectivity index (χ1n) is 4.46. The summed E-state index contributed by atoms with van der Waals surface area (Å²) in [6, 6.07) is 6.20. The Kier molecular flexibility index (Phi) is 3.33. The number of aliphatic hydroxyl groups excluding tert-OH is 1. The summed E-state index contributed by atoms with van der Waals surface area (Å²) in [4.78, 5) is 0. The Morgan fingerprint density at radius 3 is 2.69 bits per heavy atom.